The number of hydrogen-bond donors (Lipinski definition) is 1. The molecule has 1 aromatic heterocycles. The van der Waals surface area contributed by atoms with Gasteiger partial charge in [-0.1, -0.05) is 0 Å². The van der Waals surface area contributed by atoms with Crippen LogP contribution < -0.4 is 5.32 Å². The molecule has 0 atom stereocenters. The lowest BCUT2D eigenvalue weighted by Crippen LogP contribution is -2.28. The second-order valence-electron chi connectivity index (χ2n) is 4.91. The summed E-state index contributed by atoms with van der Waals surface area (Å²) in [4.78, 5) is 18.8. The first-order valence-electron chi connectivity index (χ1n) is 5.40. The average molecular weight is 338 g/mol. The maximum Gasteiger partial charge on any atom is 0.414 e. The van der Waals surface area contributed by atoms with Crippen LogP contribution >= 0.6 is 15.9 Å². The summed E-state index contributed by atoms with van der Waals surface area (Å²) in [6.07, 6.45) is 0.340. The Bertz CT molecular complexity index is 484. The molecule has 1 rings (SSSR count). The third kappa shape index (κ3) is 5.06. The number of carbonyl (C=O) groups excluding carboxylic acids is 1. The van der Waals surface area contributed by atoms with Crippen molar-refractivity contribution in [3.05, 3.63) is 16.4 Å². The van der Waals surface area contributed by atoms with Crippen molar-refractivity contribution in [3.63, 3.8) is 0 Å². The molecule has 1 heterocycles. The lowest BCUT2D eigenvalue weighted by atomic mass is 10.2. The first-order chi connectivity index (χ1) is 8.49. The lowest BCUT2D eigenvalue weighted by molar-refractivity contribution is 0.0118. The van der Waals surface area contributed by atoms with Crippen LogP contribution in [0.25, 0.3) is 0 Å². The SMILES string of the molecule is CC(C)(C)OC(=O)Nc1ncc(Br)c(C(C)(F)F)n1. The van der Waals surface area contributed by atoms with Crippen molar-refractivity contribution in [2.24, 2.45) is 0 Å². The highest BCUT2D eigenvalue weighted by Crippen LogP contribution is 2.31. The molecule has 0 aliphatic heterocycles. The summed E-state index contributed by atoms with van der Waals surface area (Å²) in [7, 11) is 0. The summed E-state index contributed by atoms with van der Waals surface area (Å²) in [6.45, 7) is 5.75. The fourth-order valence-corrected chi connectivity index (χ4v) is 1.67. The summed E-state index contributed by atoms with van der Waals surface area (Å²) in [5.41, 5.74) is -1.20. The van der Waals surface area contributed by atoms with E-state index in [1.807, 2.05) is 0 Å². The zero-order chi connectivity index (χ0) is 14.8. The van der Waals surface area contributed by atoms with Crippen molar-refractivity contribution in [1.29, 1.82) is 0 Å². The number of alkyl halides is 2. The van der Waals surface area contributed by atoms with Gasteiger partial charge in [-0.25, -0.2) is 14.8 Å². The van der Waals surface area contributed by atoms with E-state index >= 15 is 0 Å². The van der Waals surface area contributed by atoms with Gasteiger partial charge in [0.25, 0.3) is 5.92 Å². The quantitative estimate of drug-likeness (QED) is 0.893. The van der Waals surface area contributed by atoms with Crippen LogP contribution in [0.5, 0.6) is 0 Å². The molecule has 0 bridgehead atoms. The van der Waals surface area contributed by atoms with Gasteiger partial charge in [-0.2, -0.15) is 8.78 Å². The fraction of sp³-hybridized carbons (Fsp3) is 0.545. The Hall–Kier alpha value is -1.31. The smallest absolute Gasteiger partial charge is 0.414 e. The molecule has 0 aromatic carbocycles. The van der Waals surface area contributed by atoms with E-state index < -0.39 is 23.3 Å². The molecule has 0 saturated heterocycles. The van der Waals surface area contributed by atoms with E-state index in [1.54, 1.807) is 20.8 Å². The molecule has 5 nitrogen and oxygen atoms in total. The van der Waals surface area contributed by atoms with Crippen LogP contribution in [0.2, 0.25) is 0 Å². The van der Waals surface area contributed by atoms with Gasteiger partial charge in [-0.05, 0) is 36.7 Å². The predicted octanol–water partition coefficient (Wildman–Crippen LogP) is 3.70. The molecule has 0 aliphatic carbocycles. The molecule has 0 unspecified atom stereocenters. The van der Waals surface area contributed by atoms with Crippen LogP contribution in [0.1, 0.15) is 33.4 Å². The van der Waals surface area contributed by atoms with Gasteiger partial charge in [0.1, 0.15) is 11.3 Å². The van der Waals surface area contributed by atoms with Gasteiger partial charge in [-0.3, -0.25) is 5.32 Å². The Morgan fingerprint density at radius 1 is 1.37 bits per heavy atom. The second kappa shape index (κ2) is 5.36. The van der Waals surface area contributed by atoms with E-state index in [1.165, 1.54) is 0 Å². The van der Waals surface area contributed by atoms with Crippen molar-refractivity contribution >= 4 is 28.0 Å². The van der Waals surface area contributed by atoms with Crippen molar-refractivity contribution < 1.29 is 18.3 Å². The number of aromatic nitrogens is 2. The number of anilines is 1. The molecular formula is C11H14BrF2N3O2. The summed E-state index contributed by atoms with van der Waals surface area (Å²) >= 11 is 2.93. The number of ether oxygens (including phenoxy) is 1. The summed E-state index contributed by atoms with van der Waals surface area (Å²) in [5.74, 6) is -3.39. The van der Waals surface area contributed by atoms with Crippen LogP contribution in [-0.2, 0) is 10.7 Å². The fourth-order valence-electron chi connectivity index (χ4n) is 1.13. The van der Waals surface area contributed by atoms with E-state index in [4.69, 9.17) is 4.74 Å². The number of carbonyl (C=O) groups is 1. The largest absolute Gasteiger partial charge is 0.444 e. The van der Waals surface area contributed by atoms with Crippen LogP contribution in [0, 0.1) is 0 Å². The topological polar surface area (TPSA) is 64.1 Å². The Kier molecular flexibility index (Phi) is 4.44. The molecule has 0 spiro atoms. The zero-order valence-corrected chi connectivity index (χ0v) is 12.5. The van der Waals surface area contributed by atoms with E-state index in [0.717, 1.165) is 6.20 Å². The molecule has 1 amide bonds. The van der Waals surface area contributed by atoms with E-state index in [2.05, 4.69) is 31.2 Å². The van der Waals surface area contributed by atoms with Crippen molar-refractivity contribution in [3.8, 4) is 0 Å². The summed E-state index contributed by atoms with van der Waals surface area (Å²) in [5, 5.41) is 2.20. The van der Waals surface area contributed by atoms with Crippen LogP contribution in [-0.4, -0.2) is 21.7 Å². The average Bonchev–Trinajstić information content (AvgIpc) is 2.16. The van der Waals surface area contributed by atoms with Crippen LogP contribution in [0.3, 0.4) is 0 Å². The first kappa shape index (κ1) is 15.7. The molecule has 0 saturated carbocycles. The molecule has 19 heavy (non-hydrogen) atoms. The van der Waals surface area contributed by atoms with Crippen LogP contribution in [0.4, 0.5) is 19.5 Å². The number of amides is 1. The van der Waals surface area contributed by atoms with Crippen molar-refractivity contribution in [2.75, 3.05) is 5.32 Å². The summed E-state index contributed by atoms with van der Waals surface area (Å²) < 4.78 is 31.5. The predicted molar refractivity (Wildman–Crippen MR) is 69.2 cm³/mol. The molecule has 106 valence electrons. The van der Waals surface area contributed by atoms with E-state index in [0.29, 0.717) is 6.92 Å². The van der Waals surface area contributed by atoms with Gasteiger partial charge in [0.15, 0.2) is 0 Å². The highest BCUT2D eigenvalue weighted by Gasteiger charge is 2.30. The number of nitrogens with zero attached hydrogens (tertiary/aromatic N) is 2. The van der Waals surface area contributed by atoms with Gasteiger partial charge >= 0.3 is 6.09 Å². The Morgan fingerprint density at radius 2 is 1.95 bits per heavy atom. The molecule has 0 aliphatic rings. The minimum Gasteiger partial charge on any atom is -0.444 e. The number of rotatable bonds is 2. The van der Waals surface area contributed by atoms with Gasteiger partial charge in [0.2, 0.25) is 5.95 Å². The Labute approximate surface area is 117 Å². The normalized spacial score (nSPS) is 12.2. The minimum absolute atomic E-state index is 0.0646. The molecule has 1 N–H and O–H groups in total. The third-order valence-corrected chi connectivity index (χ3v) is 2.35. The van der Waals surface area contributed by atoms with Gasteiger partial charge in [0.05, 0.1) is 4.47 Å². The van der Waals surface area contributed by atoms with Gasteiger partial charge < -0.3 is 4.74 Å². The summed E-state index contributed by atoms with van der Waals surface area (Å²) in [6, 6.07) is 0. The maximum absolute atomic E-state index is 13.2. The standard InChI is InChI=1S/C11H14BrF2N3O2/c1-10(2,3)19-9(18)17-8-15-5-6(12)7(16-8)11(4,13)14/h5H,1-4H3,(H,15,16,17,18). The third-order valence-electron chi connectivity index (χ3n) is 1.77. The Morgan fingerprint density at radius 3 is 2.42 bits per heavy atom. The van der Waals surface area contributed by atoms with Gasteiger partial charge in [-0.15, -0.1) is 0 Å². The van der Waals surface area contributed by atoms with E-state index in [-0.39, 0.29) is 10.4 Å². The highest BCUT2D eigenvalue weighted by atomic mass is 79.9. The molecule has 0 fully saturated rings. The highest BCUT2D eigenvalue weighted by molar-refractivity contribution is 9.10. The first-order valence-corrected chi connectivity index (χ1v) is 6.19. The van der Waals surface area contributed by atoms with E-state index in [9.17, 15) is 13.6 Å². The van der Waals surface area contributed by atoms with Gasteiger partial charge in [0, 0.05) is 13.1 Å². The monoisotopic (exact) mass is 337 g/mol. The number of halogens is 3. The molecule has 0 radical (unpaired) electrons. The van der Waals surface area contributed by atoms with Crippen molar-refractivity contribution in [2.45, 2.75) is 39.2 Å². The zero-order valence-electron chi connectivity index (χ0n) is 10.9. The van der Waals surface area contributed by atoms with Crippen LogP contribution in [0.15, 0.2) is 10.7 Å². The lowest BCUT2D eigenvalue weighted by Gasteiger charge is -2.19. The molecular weight excluding hydrogens is 324 g/mol. The Balaban J connectivity index is 2.89. The maximum atomic E-state index is 13.2. The van der Waals surface area contributed by atoms with Crippen molar-refractivity contribution in [1.82, 2.24) is 9.97 Å². The minimum atomic E-state index is -3.15. The second-order valence-corrected chi connectivity index (χ2v) is 5.76. The number of nitrogens with one attached hydrogen (secondary N) is 1. The molecule has 8 heteroatoms. The molecule has 1 aromatic rings. The number of hydrogen-bond acceptors (Lipinski definition) is 4.